The minimum absolute atomic E-state index is 0.194. The van der Waals surface area contributed by atoms with E-state index in [0.717, 1.165) is 19.6 Å². The Hall–Kier alpha value is -2.84. The van der Waals surface area contributed by atoms with Crippen LogP contribution < -0.4 is 10.6 Å². The highest BCUT2D eigenvalue weighted by Gasteiger charge is 2.24. The standard InChI is InChI=1S/C23H28F2N4O2/c1-17-16-28(12-10-22(30)26-20-8-4-2-6-18(20)24)14-15-29(17)13-11-23(31)27-21-9-5-3-7-19(21)25/h2-9,17H,10-16H2,1H3,(H,26,30)(H,27,31). The lowest BCUT2D eigenvalue weighted by atomic mass is 10.1. The number of rotatable bonds is 8. The van der Waals surface area contributed by atoms with E-state index >= 15 is 0 Å². The molecule has 0 aliphatic carbocycles. The molecular formula is C23H28F2N4O2. The summed E-state index contributed by atoms with van der Waals surface area (Å²) < 4.78 is 27.3. The number of anilines is 2. The van der Waals surface area contributed by atoms with Crippen LogP contribution in [0.1, 0.15) is 19.8 Å². The molecule has 0 radical (unpaired) electrons. The molecule has 1 heterocycles. The van der Waals surface area contributed by atoms with Crippen LogP contribution in [-0.4, -0.2) is 60.4 Å². The third kappa shape index (κ3) is 6.83. The zero-order valence-corrected chi connectivity index (χ0v) is 17.6. The van der Waals surface area contributed by atoms with Crippen molar-refractivity contribution in [2.45, 2.75) is 25.8 Å². The van der Waals surface area contributed by atoms with Crippen molar-refractivity contribution in [2.24, 2.45) is 0 Å². The van der Waals surface area contributed by atoms with Gasteiger partial charge in [-0.1, -0.05) is 24.3 Å². The number of hydrogen-bond acceptors (Lipinski definition) is 4. The first-order valence-corrected chi connectivity index (χ1v) is 10.5. The maximum Gasteiger partial charge on any atom is 0.225 e. The highest BCUT2D eigenvalue weighted by Crippen LogP contribution is 2.15. The Morgan fingerprint density at radius 2 is 1.39 bits per heavy atom. The summed E-state index contributed by atoms with van der Waals surface area (Å²) in [6.45, 7) is 5.60. The Morgan fingerprint density at radius 3 is 1.90 bits per heavy atom. The SMILES string of the molecule is CC1CN(CCC(=O)Nc2ccccc2F)CCN1CCC(=O)Nc1ccccc1F. The average molecular weight is 430 g/mol. The number of piperazine rings is 1. The summed E-state index contributed by atoms with van der Waals surface area (Å²) in [6.07, 6.45) is 0.565. The molecular weight excluding hydrogens is 402 g/mol. The number of hydrogen-bond donors (Lipinski definition) is 2. The highest BCUT2D eigenvalue weighted by atomic mass is 19.1. The molecule has 2 aromatic rings. The summed E-state index contributed by atoms with van der Waals surface area (Å²) in [5.74, 6) is -1.33. The van der Waals surface area contributed by atoms with E-state index in [1.165, 1.54) is 24.3 Å². The topological polar surface area (TPSA) is 64.7 Å². The fraction of sp³-hybridized carbons (Fsp3) is 0.391. The largest absolute Gasteiger partial charge is 0.324 e. The first-order chi connectivity index (χ1) is 14.9. The lowest BCUT2D eigenvalue weighted by molar-refractivity contribution is -0.118. The molecule has 0 bridgehead atoms. The number of nitrogens with one attached hydrogen (secondary N) is 2. The molecule has 8 heteroatoms. The van der Waals surface area contributed by atoms with Gasteiger partial charge in [0.05, 0.1) is 11.4 Å². The van der Waals surface area contributed by atoms with Crippen LogP contribution >= 0.6 is 0 Å². The van der Waals surface area contributed by atoms with Gasteiger partial charge in [0.2, 0.25) is 11.8 Å². The van der Waals surface area contributed by atoms with Crippen molar-refractivity contribution in [1.29, 1.82) is 0 Å². The third-order valence-corrected chi connectivity index (χ3v) is 5.43. The molecule has 1 aliphatic heterocycles. The second kappa shape index (κ2) is 11.0. The highest BCUT2D eigenvalue weighted by molar-refractivity contribution is 5.91. The van der Waals surface area contributed by atoms with E-state index in [1.54, 1.807) is 24.3 Å². The lowest BCUT2D eigenvalue weighted by Crippen LogP contribution is -2.52. The van der Waals surface area contributed by atoms with Crippen LogP contribution in [0, 0.1) is 11.6 Å². The minimum atomic E-state index is -0.447. The van der Waals surface area contributed by atoms with Crippen molar-refractivity contribution < 1.29 is 18.4 Å². The van der Waals surface area contributed by atoms with Crippen molar-refractivity contribution in [3.8, 4) is 0 Å². The molecule has 3 rings (SSSR count). The molecule has 166 valence electrons. The third-order valence-electron chi connectivity index (χ3n) is 5.43. The van der Waals surface area contributed by atoms with E-state index in [-0.39, 0.29) is 42.1 Å². The van der Waals surface area contributed by atoms with Gasteiger partial charge in [-0.05, 0) is 31.2 Å². The van der Waals surface area contributed by atoms with Gasteiger partial charge >= 0.3 is 0 Å². The number of amides is 2. The van der Waals surface area contributed by atoms with Gasteiger partial charge < -0.3 is 15.5 Å². The van der Waals surface area contributed by atoms with Gasteiger partial charge in [0.1, 0.15) is 11.6 Å². The van der Waals surface area contributed by atoms with Gasteiger partial charge in [-0.3, -0.25) is 14.5 Å². The fourth-order valence-corrected chi connectivity index (χ4v) is 3.66. The molecule has 2 amide bonds. The summed E-state index contributed by atoms with van der Waals surface area (Å²) >= 11 is 0. The van der Waals surface area contributed by atoms with Crippen LogP contribution in [-0.2, 0) is 9.59 Å². The van der Waals surface area contributed by atoms with Crippen LogP contribution in [0.5, 0.6) is 0 Å². The van der Waals surface area contributed by atoms with E-state index in [1.807, 2.05) is 0 Å². The second-order valence-corrected chi connectivity index (χ2v) is 7.74. The van der Waals surface area contributed by atoms with Crippen LogP contribution in [0.25, 0.3) is 0 Å². The van der Waals surface area contributed by atoms with E-state index in [9.17, 15) is 18.4 Å². The maximum absolute atomic E-state index is 13.6. The number of carbonyl (C=O) groups excluding carboxylic acids is 2. The molecule has 1 unspecified atom stereocenters. The molecule has 31 heavy (non-hydrogen) atoms. The average Bonchev–Trinajstić information content (AvgIpc) is 2.75. The molecule has 1 saturated heterocycles. The van der Waals surface area contributed by atoms with Crippen molar-refractivity contribution in [3.63, 3.8) is 0 Å². The van der Waals surface area contributed by atoms with E-state index < -0.39 is 11.6 Å². The van der Waals surface area contributed by atoms with Crippen molar-refractivity contribution >= 4 is 23.2 Å². The summed E-state index contributed by atoms with van der Waals surface area (Å²) in [4.78, 5) is 28.7. The molecule has 6 nitrogen and oxygen atoms in total. The van der Waals surface area contributed by atoms with Crippen LogP contribution in [0.2, 0.25) is 0 Å². The van der Waals surface area contributed by atoms with Crippen LogP contribution in [0.3, 0.4) is 0 Å². The van der Waals surface area contributed by atoms with Crippen molar-refractivity contribution in [2.75, 3.05) is 43.4 Å². The first kappa shape index (κ1) is 22.8. The smallest absolute Gasteiger partial charge is 0.225 e. The predicted molar refractivity (Wildman–Crippen MR) is 117 cm³/mol. The first-order valence-electron chi connectivity index (χ1n) is 10.5. The van der Waals surface area contributed by atoms with Gasteiger partial charge in [0, 0.05) is 51.6 Å². The molecule has 1 fully saturated rings. The molecule has 1 atom stereocenters. The fourth-order valence-electron chi connectivity index (χ4n) is 3.66. The number of halogens is 2. The summed E-state index contributed by atoms with van der Waals surface area (Å²) in [5.41, 5.74) is 0.387. The Labute approximate surface area is 181 Å². The van der Waals surface area contributed by atoms with Crippen LogP contribution in [0.15, 0.2) is 48.5 Å². The number of para-hydroxylation sites is 2. The van der Waals surface area contributed by atoms with E-state index in [2.05, 4.69) is 27.4 Å². The Balaban J connectivity index is 1.37. The van der Waals surface area contributed by atoms with E-state index in [0.29, 0.717) is 13.1 Å². The summed E-state index contributed by atoms with van der Waals surface area (Å²) in [5, 5.41) is 5.21. The molecule has 0 aromatic heterocycles. The van der Waals surface area contributed by atoms with Gasteiger partial charge in [-0.15, -0.1) is 0 Å². The number of benzene rings is 2. The van der Waals surface area contributed by atoms with Crippen molar-refractivity contribution in [1.82, 2.24) is 9.80 Å². The summed E-state index contributed by atoms with van der Waals surface area (Å²) in [7, 11) is 0. The quantitative estimate of drug-likeness (QED) is 0.674. The molecule has 2 aromatic carbocycles. The molecule has 2 N–H and O–H groups in total. The Kier molecular flexibility index (Phi) is 8.08. The van der Waals surface area contributed by atoms with Gasteiger partial charge in [0.25, 0.3) is 0 Å². The monoisotopic (exact) mass is 430 g/mol. The molecule has 1 aliphatic rings. The molecule has 0 saturated carbocycles. The zero-order valence-electron chi connectivity index (χ0n) is 17.6. The van der Waals surface area contributed by atoms with Crippen LogP contribution in [0.4, 0.5) is 20.2 Å². The number of carbonyl (C=O) groups is 2. The lowest BCUT2D eigenvalue weighted by Gasteiger charge is -2.39. The van der Waals surface area contributed by atoms with Gasteiger partial charge in [-0.25, -0.2) is 8.78 Å². The Bertz CT molecular complexity index is 909. The van der Waals surface area contributed by atoms with Gasteiger partial charge in [0.15, 0.2) is 0 Å². The normalized spacial score (nSPS) is 17.3. The predicted octanol–water partition coefficient (Wildman–Crippen LogP) is 3.33. The minimum Gasteiger partial charge on any atom is -0.324 e. The van der Waals surface area contributed by atoms with Crippen molar-refractivity contribution in [3.05, 3.63) is 60.2 Å². The van der Waals surface area contributed by atoms with E-state index in [4.69, 9.17) is 0 Å². The maximum atomic E-state index is 13.6. The zero-order chi connectivity index (χ0) is 22.2. The summed E-state index contributed by atoms with van der Waals surface area (Å²) in [6, 6.07) is 12.4. The number of nitrogens with zero attached hydrogens (tertiary/aromatic N) is 2. The van der Waals surface area contributed by atoms with Gasteiger partial charge in [-0.2, -0.15) is 0 Å². The second-order valence-electron chi connectivity index (χ2n) is 7.74. The molecule has 0 spiro atoms. The Morgan fingerprint density at radius 1 is 0.871 bits per heavy atom.